The van der Waals surface area contributed by atoms with Gasteiger partial charge in [0.25, 0.3) is 5.91 Å². The van der Waals surface area contributed by atoms with Crippen molar-refractivity contribution in [2.75, 3.05) is 12.4 Å². The van der Waals surface area contributed by atoms with Crippen molar-refractivity contribution in [2.45, 2.75) is 52.0 Å². The third kappa shape index (κ3) is 3.53. The summed E-state index contributed by atoms with van der Waals surface area (Å²) in [4.78, 5) is 12.3. The first-order chi connectivity index (χ1) is 9.61. The second-order valence-electron chi connectivity index (χ2n) is 5.94. The van der Waals surface area contributed by atoms with Gasteiger partial charge < -0.3 is 10.6 Å². The van der Waals surface area contributed by atoms with Gasteiger partial charge in [-0.15, -0.1) is 0 Å². The van der Waals surface area contributed by atoms with Crippen molar-refractivity contribution < 1.29 is 4.79 Å². The molecule has 0 bridgehead atoms. The van der Waals surface area contributed by atoms with E-state index in [-0.39, 0.29) is 11.9 Å². The van der Waals surface area contributed by atoms with E-state index in [1.54, 1.807) is 0 Å². The number of carbonyl (C=O) groups excluding carboxylic acids is 1. The summed E-state index contributed by atoms with van der Waals surface area (Å²) in [5.74, 6) is 0.694. The third-order valence-corrected chi connectivity index (χ3v) is 4.47. The molecule has 110 valence electrons. The van der Waals surface area contributed by atoms with E-state index in [0.717, 1.165) is 16.8 Å². The van der Waals surface area contributed by atoms with E-state index in [4.69, 9.17) is 0 Å². The first-order valence-electron chi connectivity index (χ1n) is 7.71. The Hall–Kier alpha value is -1.51. The molecule has 3 heteroatoms. The van der Waals surface area contributed by atoms with E-state index in [1.807, 2.05) is 32.2 Å². The van der Waals surface area contributed by atoms with E-state index in [0.29, 0.717) is 5.92 Å². The van der Waals surface area contributed by atoms with Gasteiger partial charge in [-0.05, 0) is 56.4 Å². The topological polar surface area (TPSA) is 41.1 Å². The van der Waals surface area contributed by atoms with Crippen molar-refractivity contribution in [3.05, 3.63) is 29.3 Å². The summed E-state index contributed by atoms with van der Waals surface area (Å²) >= 11 is 0. The molecule has 0 radical (unpaired) electrons. The Morgan fingerprint density at radius 1 is 1.25 bits per heavy atom. The highest BCUT2D eigenvalue weighted by molar-refractivity contribution is 5.95. The van der Waals surface area contributed by atoms with Gasteiger partial charge in [0.05, 0.1) is 0 Å². The van der Waals surface area contributed by atoms with Gasteiger partial charge in [-0.3, -0.25) is 4.79 Å². The lowest BCUT2D eigenvalue weighted by Gasteiger charge is -2.28. The maximum absolute atomic E-state index is 12.3. The first-order valence-corrected chi connectivity index (χ1v) is 7.71. The second-order valence-corrected chi connectivity index (χ2v) is 5.94. The Bertz CT molecular complexity index is 464. The van der Waals surface area contributed by atoms with Gasteiger partial charge in [0.15, 0.2) is 0 Å². The van der Waals surface area contributed by atoms with Crippen LogP contribution in [-0.2, 0) is 0 Å². The highest BCUT2D eigenvalue weighted by atomic mass is 16.1. The van der Waals surface area contributed by atoms with Crippen LogP contribution in [0.5, 0.6) is 0 Å². The molecule has 0 spiro atoms. The van der Waals surface area contributed by atoms with Crippen molar-refractivity contribution in [1.82, 2.24) is 5.32 Å². The Morgan fingerprint density at radius 2 is 1.95 bits per heavy atom. The smallest absolute Gasteiger partial charge is 0.251 e. The predicted octanol–water partition coefficient (Wildman–Crippen LogP) is 3.74. The van der Waals surface area contributed by atoms with Crippen LogP contribution in [0.1, 0.15) is 54.9 Å². The molecule has 0 saturated heterocycles. The third-order valence-electron chi connectivity index (χ3n) is 4.47. The number of carbonyl (C=O) groups is 1. The molecule has 1 unspecified atom stereocenters. The van der Waals surface area contributed by atoms with Crippen molar-refractivity contribution >= 4 is 11.6 Å². The molecule has 0 aliphatic heterocycles. The average molecular weight is 274 g/mol. The zero-order valence-electron chi connectivity index (χ0n) is 12.8. The minimum absolute atomic E-state index is 0.0498. The lowest BCUT2D eigenvalue weighted by molar-refractivity contribution is 0.0919. The summed E-state index contributed by atoms with van der Waals surface area (Å²) in [7, 11) is 1.90. The quantitative estimate of drug-likeness (QED) is 0.878. The normalized spacial score (nSPS) is 17.6. The van der Waals surface area contributed by atoms with E-state index in [2.05, 4.69) is 17.6 Å². The number of rotatable bonds is 4. The van der Waals surface area contributed by atoms with Gasteiger partial charge in [0.1, 0.15) is 0 Å². The SMILES string of the molecule is CNc1ccc(C(=O)NC(C)C2CCCCC2)cc1C. The molecule has 0 aromatic heterocycles. The Kier molecular flexibility index (Phi) is 5.05. The predicted molar refractivity (Wildman–Crippen MR) is 84.2 cm³/mol. The van der Waals surface area contributed by atoms with Crippen molar-refractivity contribution in [3.63, 3.8) is 0 Å². The number of hydrogen-bond acceptors (Lipinski definition) is 2. The fourth-order valence-electron chi connectivity index (χ4n) is 3.13. The summed E-state index contributed by atoms with van der Waals surface area (Å²) in [6, 6.07) is 6.08. The number of benzene rings is 1. The van der Waals surface area contributed by atoms with E-state index in [1.165, 1.54) is 32.1 Å². The van der Waals surface area contributed by atoms with E-state index >= 15 is 0 Å². The molecule has 3 nitrogen and oxygen atoms in total. The summed E-state index contributed by atoms with van der Waals surface area (Å²) in [6.07, 6.45) is 6.46. The Labute approximate surface area is 122 Å². The lowest BCUT2D eigenvalue weighted by atomic mass is 9.84. The van der Waals surface area contributed by atoms with Gasteiger partial charge in [-0.1, -0.05) is 19.3 Å². The molecule has 1 aliphatic rings. The first kappa shape index (κ1) is 14.9. The van der Waals surface area contributed by atoms with Crippen LogP contribution in [0, 0.1) is 12.8 Å². The molecule has 2 N–H and O–H groups in total. The number of nitrogens with one attached hydrogen (secondary N) is 2. The van der Waals surface area contributed by atoms with Crippen LogP contribution in [0.3, 0.4) is 0 Å². The zero-order valence-corrected chi connectivity index (χ0v) is 12.8. The highest BCUT2D eigenvalue weighted by Crippen LogP contribution is 2.26. The lowest BCUT2D eigenvalue weighted by Crippen LogP contribution is -2.38. The van der Waals surface area contributed by atoms with Gasteiger partial charge in [0.2, 0.25) is 0 Å². The molecular formula is C17H26N2O. The molecular weight excluding hydrogens is 248 g/mol. The summed E-state index contributed by atoms with van der Waals surface area (Å²) < 4.78 is 0. The molecule has 1 fully saturated rings. The average Bonchev–Trinajstić information content (AvgIpc) is 2.48. The van der Waals surface area contributed by atoms with Crippen molar-refractivity contribution in [1.29, 1.82) is 0 Å². The van der Waals surface area contributed by atoms with Crippen LogP contribution in [-0.4, -0.2) is 19.0 Å². The van der Waals surface area contributed by atoms with Gasteiger partial charge >= 0.3 is 0 Å². The Morgan fingerprint density at radius 3 is 2.55 bits per heavy atom. The maximum atomic E-state index is 12.3. The van der Waals surface area contributed by atoms with Gasteiger partial charge in [-0.2, -0.15) is 0 Å². The fourth-order valence-corrected chi connectivity index (χ4v) is 3.13. The standard InChI is InChI=1S/C17H26N2O/c1-12-11-15(9-10-16(12)18-3)17(20)19-13(2)14-7-5-4-6-8-14/h9-11,13-14,18H,4-8H2,1-3H3,(H,19,20). The highest BCUT2D eigenvalue weighted by Gasteiger charge is 2.21. The summed E-state index contributed by atoms with van der Waals surface area (Å²) in [5.41, 5.74) is 2.93. The van der Waals surface area contributed by atoms with Crippen LogP contribution in [0.4, 0.5) is 5.69 Å². The van der Waals surface area contributed by atoms with Crippen LogP contribution >= 0.6 is 0 Å². The largest absolute Gasteiger partial charge is 0.388 e. The molecule has 1 amide bonds. The van der Waals surface area contributed by atoms with E-state index < -0.39 is 0 Å². The van der Waals surface area contributed by atoms with Crippen LogP contribution in [0.15, 0.2) is 18.2 Å². The number of aryl methyl sites for hydroxylation is 1. The minimum Gasteiger partial charge on any atom is -0.388 e. The monoisotopic (exact) mass is 274 g/mol. The summed E-state index contributed by atoms with van der Waals surface area (Å²) in [6.45, 7) is 4.16. The number of hydrogen-bond donors (Lipinski definition) is 2. The second kappa shape index (κ2) is 6.78. The Balaban J connectivity index is 1.98. The molecule has 1 saturated carbocycles. The maximum Gasteiger partial charge on any atom is 0.251 e. The van der Waals surface area contributed by atoms with Crippen molar-refractivity contribution in [3.8, 4) is 0 Å². The van der Waals surface area contributed by atoms with Crippen LogP contribution in [0.2, 0.25) is 0 Å². The molecule has 1 aromatic rings. The van der Waals surface area contributed by atoms with Gasteiger partial charge in [0, 0.05) is 24.3 Å². The fraction of sp³-hybridized carbons (Fsp3) is 0.588. The molecule has 20 heavy (non-hydrogen) atoms. The molecule has 1 aromatic carbocycles. The zero-order chi connectivity index (χ0) is 14.5. The van der Waals surface area contributed by atoms with E-state index in [9.17, 15) is 4.79 Å². The van der Waals surface area contributed by atoms with Crippen molar-refractivity contribution in [2.24, 2.45) is 5.92 Å². The molecule has 0 heterocycles. The minimum atomic E-state index is 0.0498. The molecule has 2 rings (SSSR count). The number of amides is 1. The van der Waals surface area contributed by atoms with Crippen LogP contribution in [0.25, 0.3) is 0 Å². The van der Waals surface area contributed by atoms with Gasteiger partial charge in [-0.25, -0.2) is 0 Å². The summed E-state index contributed by atoms with van der Waals surface area (Å²) in [5, 5.41) is 6.29. The molecule has 1 aliphatic carbocycles. The van der Waals surface area contributed by atoms with Crippen LogP contribution < -0.4 is 10.6 Å². The molecule has 1 atom stereocenters. The number of anilines is 1.